The van der Waals surface area contributed by atoms with Gasteiger partial charge in [-0.1, -0.05) is 60.1 Å². The molecule has 0 aromatic heterocycles. The number of hydrogen-bond acceptors (Lipinski definition) is 5. The van der Waals surface area contributed by atoms with Crippen molar-refractivity contribution in [1.29, 1.82) is 0 Å². The number of ether oxygens (including phenoxy) is 2. The SMILES string of the molecule is C/C=C(/CC(=O)OCC)NC(C)CCN(Cc1ccc(-c2ccccc2)c(Cl)c1)C(=O)OC(C)(C)C. The summed E-state index contributed by atoms with van der Waals surface area (Å²) in [6.45, 7) is 12.4. The number of carbonyl (C=O) groups is 2. The van der Waals surface area contributed by atoms with Gasteiger partial charge in [-0.2, -0.15) is 0 Å². The van der Waals surface area contributed by atoms with Crippen molar-refractivity contribution in [2.75, 3.05) is 13.2 Å². The molecule has 0 radical (unpaired) electrons. The second kappa shape index (κ2) is 13.9. The zero-order valence-corrected chi connectivity index (χ0v) is 23.0. The molecule has 1 N–H and O–H groups in total. The lowest BCUT2D eigenvalue weighted by Crippen LogP contribution is -2.39. The van der Waals surface area contributed by atoms with Crippen molar-refractivity contribution in [2.24, 2.45) is 0 Å². The Morgan fingerprint density at radius 2 is 1.83 bits per heavy atom. The van der Waals surface area contributed by atoms with Gasteiger partial charge in [-0.05, 0) is 65.2 Å². The summed E-state index contributed by atoms with van der Waals surface area (Å²) in [6.07, 6.45) is 2.34. The molecule has 2 rings (SSSR count). The van der Waals surface area contributed by atoms with Gasteiger partial charge in [0.2, 0.25) is 0 Å². The highest BCUT2D eigenvalue weighted by molar-refractivity contribution is 6.33. The summed E-state index contributed by atoms with van der Waals surface area (Å²) in [7, 11) is 0. The van der Waals surface area contributed by atoms with Gasteiger partial charge in [0.15, 0.2) is 0 Å². The van der Waals surface area contributed by atoms with E-state index < -0.39 is 5.60 Å². The van der Waals surface area contributed by atoms with Crippen LogP contribution in [0.1, 0.15) is 59.9 Å². The minimum absolute atomic E-state index is 0.0274. The molecule has 0 spiro atoms. The minimum atomic E-state index is -0.605. The third kappa shape index (κ3) is 9.94. The van der Waals surface area contributed by atoms with Crippen LogP contribution in [0.3, 0.4) is 0 Å². The molecule has 0 aliphatic rings. The zero-order valence-electron chi connectivity index (χ0n) is 22.3. The monoisotopic (exact) mass is 514 g/mol. The average Bonchev–Trinajstić information content (AvgIpc) is 2.81. The lowest BCUT2D eigenvalue weighted by atomic mass is 10.0. The molecule has 1 amide bonds. The zero-order chi connectivity index (χ0) is 26.7. The van der Waals surface area contributed by atoms with E-state index in [0.717, 1.165) is 22.4 Å². The van der Waals surface area contributed by atoms with Gasteiger partial charge >= 0.3 is 12.1 Å². The first-order valence-electron chi connectivity index (χ1n) is 12.4. The third-order valence-electron chi connectivity index (χ3n) is 5.40. The van der Waals surface area contributed by atoms with Crippen LogP contribution in [0, 0.1) is 0 Å². The van der Waals surface area contributed by atoms with E-state index in [9.17, 15) is 9.59 Å². The number of rotatable bonds is 11. The van der Waals surface area contributed by atoms with Crippen LogP contribution in [-0.2, 0) is 20.8 Å². The van der Waals surface area contributed by atoms with Gasteiger partial charge in [0, 0.05) is 35.4 Å². The first-order valence-corrected chi connectivity index (χ1v) is 12.8. The number of benzene rings is 2. The molecule has 0 saturated carbocycles. The molecule has 36 heavy (non-hydrogen) atoms. The Hall–Kier alpha value is -2.99. The fourth-order valence-corrected chi connectivity index (χ4v) is 3.94. The van der Waals surface area contributed by atoms with E-state index in [0.29, 0.717) is 31.1 Å². The summed E-state index contributed by atoms with van der Waals surface area (Å²) in [5.41, 5.74) is 3.10. The Labute approximate surface area is 220 Å². The van der Waals surface area contributed by atoms with Gasteiger partial charge in [-0.3, -0.25) is 4.79 Å². The highest BCUT2D eigenvalue weighted by Crippen LogP contribution is 2.29. The van der Waals surface area contributed by atoms with E-state index in [1.807, 2.05) is 89.2 Å². The van der Waals surface area contributed by atoms with Crippen molar-refractivity contribution in [1.82, 2.24) is 10.2 Å². The Morgan fingerprint density at radius 1 is 1.14 bits per heavy atom. The predicted octanol–water partition coefficient (Wildman–Crippen LogP) is 6.97. The Balaban J connectivity index is 2.10. The van der Waals surface area contributed by atoms with Crippen molar-refractivity contribution in [2.45, 2.75) is 72.6 Å². The van der Waals surface area contributed by atoms with Crippen LogP contribution in [0.4, 0.5) is 4.79 Å². The number of nitrogens with one attached hydrogen (secondary N) is 1. The number of nitrogens with zero attached hydrogens (tertiary/aromatic N) is 1. The maximum atomic E-state index is 13.0. The summed E-state index contributed by atoms with van der Waals surface area (Å²) in [5.74, 6) is -0.267. The molecular weight excluding hydrogens is 476 g/mol. The molecule has 2 aromatic rings. The fraction of sp³-hybridized carbons (Fsp3) is 0.448. The van der Waals surface area contributed by atoms with Crippen LogP contribution in [0.5, 0.6) is 0 Å². The molecule has 0 heterocycles. The van der Waals surface area contributed by atoms with Gasteiger partial charge in [0.1, 0.15) is 5.60 Å². The normalized spacial score (nSPS) is 12.6. The molecule has 0 aliphatic heterocycles. The van der Waals surface area contributed by atoms with Gasteiger partial charge in [0.25, 0.3) is 0 Å². The largest absolute Gasteiger partial charge is 0.466 e. The van der Waals surface area contributed by atoms with E-state index in [-0.39, 0.29) is 24.5 Å². The van der Waals surface area contributed by atoms with Gasteiger partial charge in [-0.25, -0.2) is 4.79 Å². The standard InChI is InChI=1S/C29H39ClN2O4/c1-7-24(19-27(33)35-8-2)31-21(3)16-17-32(28(34)36-29(4,5)6)20-22-14-15-25(26(30)18-22)23-12-10-9-11-13-23/h7,9-15,18,21,31H,8,16-17,19-20H2,1-6H3/b24-7-. The lowest BCUT2D eigenvalue weighted by Gasteiger charge is -2.29. The molecule has 0 bridgehead atoms. The molecule has 0 saturated heterocycles. The number of hydrogen-bond donors (Lipinski definition) is 1. The number of amides is 1. The highest BCUT2D eigenvalue weighted by Gasteiger charge is 2.23. The third-order valence-corrected chi connectivity index (χ3v) is 5.71. The Morgan fingerprint density at radius 3 is 2.42 bits per heavy atom. The van der Waals surface area contributed by atoms with Gasteiger partial charge < -0.3 is 19.7 Å². The number of allylic oxidation sites excluding steroid dienone is 1. The molecule has 196 valence electrons. The van der Waals surface area contributed by atoms with Gasteiger partial charge in [0.05, 0.1) is 13.0 Å². The predicted molar refractivity (Wildman–Crippen MR) is 146 cm³/mol. The van der Waals surface area contributed by atoms with Crippen molar-refractivity contribution >= 4 is 23.7 Å². The highest BCUT2D eigenvalue weighted by atomic mass is 35.5. The molecule has 0 fully saturated rings. The summed E-state index contributed by atoms with van der Waals surface area (Å²) in [5, 5.41) is 3.99. The molecule has 0 aliphatic carbocycles. The topological polar surface area (TPSA) is 67.9 Å². The summed E-state index contributed by atoms with van der Waals surface area (Å²) >= 11 is 6.61. The second-order valence-corrected chi connectivity index (χ2v) is 10.1. The number of carbonyl (C=O) groups excluding carboxylic acids is 2. The number of halogens is 1. The first-order chi connectivity index (χ1) is 17.0. The first kappa shape index (κ1) is 29.2. The van der Waals surface area contributed by atoms with Crippen molar-refractivity contribution in [3.05, 3.63) is 70.9 Å². The smallest absolute Gasteiger partial charge is 0.410 e. The van der Waals surface area contributed by atoms with Crippen LogP contribution >= 0.6 is 11.6 Å². The van der Waals surface area contributed by atoms with Crippen molar-refractivity contribution < 1.29 is 19.1 Å². The fourth-order valence-electron chi connectivity index (χ4n) is 3.63. The summed E-state index contributed by atoms with van der Waals surface area (Å²) in [4.78, 5) is 26.6. The van der Waals surface area contributed by atoms with Gasteiger partial charge in [-0.15, -0.1) is 0 Å². The summed E-state index contributed by atoms with van der Waals surface area (Å²) in [6, 6.07) is 15.9. The Kier molecular flexibility index (Phi) is 11.3. The van der Waals surface area contributed by atoms with Crippen LogP contribution in [0.25, 0.3) is 11.1 Å². The van der Waals surface area contributed by atoms with E-state index in [1.165, 1.54) is 0 Å². The van der Waals surface area contributed by atoms with E-state index in [4.69, 9.17) is 21.1 Å². The maximum Gasteiger partial charge on any atom is 0.410 e. The van der Waals surface area contributed by atoms with E-state index in [2.05, 4.69) is 5.32 Å². The molecule has 2 aromatic carbocycles. The van der Waals surface area contributed by atoms with Crippen LogP contribution in [0.2, 0.25) is 5.02 Å². The summed E-state index contributed by atoms with van der Waals surface area (Å²) < 4.78 is 10.7. The van der Waals surface area contributed by atoms with Crippen molar-refractivity contribution in [3.8, 4) is 11.1 Å². The van der Waals surface area contributed by atoms with Crippen LogP contribution in [0.15, 0.2) is 60.3 Å². The molecule has 6 nitrogen and oxygen atoms in total. The maximum absolute atomic E-state index is 13.0. The average molecular weight is 515 g/mol. The Bertz CT molecular complexity index is 1030. The molecule has 7 heteroatoms. The van der Waals surface area contributed by atoms with E-state index in [1.54, 1.807) is 11.8 Å². The molecular formula is C29H39ClN2O4. The number of esters is 1. The van der Waals surface area contributed by atoms with Crippen LogP contribution in [-0.4, -0.2) is 41.8 Å². The van der Waals surface area contributed by atoms with Crippen molar-refractivity contribution in [3.63, 3.8) is 0 Å². The molecule has 1 atom stereocenters. The quantitative estimate of drug-likeness (QED) is 0.328. The lowest BCUT2D eigenvalue weighted by molar-refractivity contribution is -0.142. The van der Waals surface area contributed by atoms with Crippen LogP contribution < -0.4 is 5.32 Å². The van der Waals surface area contributed by atoms with E-state index >= 15 is 0 Å². The molecule has 1 unspecified atom stereocenters. The minimum Gasteiger partial charge on any atom is -0.466 e. The second-order valence-electron chi connectivity index (χ2n) is 9.71.